The van der Waals surface area contributed by atoms with Crippen LogP contribution in [0.3, 0.4) is 0 Å². The van der Waals surface area contributed by atoms with E-state index in [1.165, 1.54) is 0 Å². The Morgan fingerprint density at radius 1 is 1.32 bits per heavy atom. The van der Waals surface area contributed by atoms with Crippen LogP contribution >= 0.6 is 0 Å². The number of carboxylic acid groups (broad SMARTS) is 1. The van der Waals surface area contributed by atoms with E-state index in [4.69, 9.17) is 9.84 Å². The SMILES string of the molecule is CCOc1ccc(C(CC(=O)O)N2CCCC2)cc1. The number of carbonyl (C=O) groups is 1. The van der Waals surface area contributed by atoms with Gasteiger partial charge in [-0.3, -0.25) is 9.69 Å². The number of hydrogen-bond acceptors (Lipinski definition) is 3. The van der Waals surface area contributed by atoms with E-state index in [1.807, 2.05) is 31.2 Å². The average Bonchev–Trinajstić information content (AvgIpc) is 2.91. The molecule has 0 bridgehead atoms. The van der Waals surface area contributed by atoms with Gasteiger partial charge in [-0.15, -0.1) is 0 Å². The molecule has 1 unspecified atom stereocenters. The topological polar surface area (TPSA) is 49.8 Å². The smallest absolute Gasteiger partial charge is 0.305 e. The normalized spacial score (nSPS) is 17.3. The van der Waals surface area contributed by atoms with E-state index >= 15 is 0 Å². The van der Waals surface area contributed by atoms with E-state index < -0.39 is 5.97 Å². The van der Waals surface area contributed by atoms with Crippen molar-refractivity contribution in [1.29, 1.82) is 0 Å². The van der Waals surface area contributed by atoms with Crippen molar-refractivity contribution in [2.45, 2.75) is 32.2 Å². The molecule has 4 nitrogen and oxygen atoms in total. The molecule has 0 spiro atoms. The standard InChI is InChI=1S/C15H21NO3/c1-2-19-13-7-5-12(6-8-13)14(11-15(17)18)16-9-3-4-10-16/h5-8,14H,2-4,9-11H2,1H3,(H,17,18). The number of carboxylic acids is 1. The molecule has 0 aromatic heterocycles. The lowest BCUT2D eigenvalue weighted by atomic mass is 10.0. The van der Waals surface area contributed by atoms with E-state index in [0.717, 1.165) is 37.2 Å². The molecular formula is C15H21NO3. The third-order valence-corrected chi connectivity index (χ3v) is 3.53. The molecular weight excluding hydrogens is 242 g/mol. The van der Waals surface area contributed by atoms with Gasteiger partial charge in [-0.2, -0.15) is 0 Å². The van der Waals surface area contributed by atoms with Gasteiger partial charge in [0.15, 0.2) is 0 Å². The van der Waals surface area contributed by atoms with Crippen molar-refractivity contribution in [1.82, 2.24) is 4.90 Å². The number of rotatable bonds is 6. The van der Waals surface area contributed by atoms with Crippen molar-refractivity contribution in [3.05, 3.63) is 29.8 Å². The number of likely N-dealkylation sites (tertiary alicyclic amines) is 1. The number of hydrogen-bond donors (Lipinski definition) is 1. The van der Waals surface area contributed by atoms with Crippen molar-refractivity contribution in [3.63, 3.8) is 0 Å². The van der Waals surface area contributed by atoms with Gasteiger partial charge in [-0.1, -0.05) is 12.1 Å². The second-order valence-corrected chi connectivity index (χ2v) is 4.86. The van der Waals surface area contributed by atoms with Gasteiger partial charge < -0.3 is 9.84 Å². The van der Waals surface area contributed by atoms with Crippen molar-refractivity contribution in [2.75, 3.05) is 19.7 Å². The van der Waals surface area contributed by atoms with Gasteiger partial charge in [0.1, 0.15) is 5.75 Å². The molecule has 1 atom stereocenters. The van der Waals surface area contributed by atoms with E-state index in [1.54, 1.807) is 0 Å². The Bertz CT molecular complexity index is 410. The summed E-state index contributed by atoms with van der Waals surface area (Å²) in [5.41, 5.74) is 1.06. The molecule has 104 valence electrons. The first-order valence-electron chi connectivity index (χ1n) is 6.89. The summed E-state index contributed by atoms with van der Waals surface area (Å²) in [6.07, 6.45) is 2.48. The molecule has 1 aromatic rings. The quantitative estimate of drug-likeness (QED) is 0.857. The summed E-state index contributed by atoms with van der Waals surface area (Å²) < 4.78 is 5.42. The van der Waals surface area contributed by atoms with Crippen molar-refractivity contribution in [3.8, 4) is 5.75 Å². The fraction of sp³-hybridized carbons (Fsp3) is 0.533. The highest BCUT2D eigenvalue weighted by atomic mass is 16.5. The summed E-state index contributed by atoms with van der Waals surface area (Å²) in [5.74, 6) is 0.0903. The summed E-state index contributed by atoms with van der Waals surface area (Å²) in [6.45, 7) is 4.58. The molecule has 1 saturated heterocycles. The van der Waals surface area contributed by atoms with E-state index in [9.17, 15) is 4.79 Å². The second kappa shape index (κ2) is 6.57. The molecule has 0 radical (unpaired) electrons. The number of ether oxygens (including phenoxy) is 1. The lowest BCUT2D eigenvalue weighted by molar-refractivity contribution is -0.138. The zero-order chi connectivity index (χ0) is 13.7. The number of aliphatic carboxylic acids is 1. The number of benzene rings is 1. The predicted octanol–water partition coefficient (Wildman–Crippen LogP) is 2.70. The Morgan fingerprint density at radius 2 is 1.95 bits per heavy atom. The fourth-order valence-electron chi connectivity index (χ4n) is 2.63. The van der Waals surface area contributed by atoms with Crippen LogP contribution < -0.4 is 4.74 Å². The van der Waals surface area contributed by atoms with Crippen molar-refractivity contribution in [2.24, 2.45) is 0 Å². The highest BCUT2D eigenvalue weighted by Gasteiger charge is 2.25. The summed E-state index contributed by atoms with van der Waals surface area (Å²) in [4.78, 5) is 13.3. The minimum absolute atomic E-state index is 0.0179. The largest absolute Gasteiger partial charge is 0.494 e. The summed E-state index contributed by atoms with van der Waals surface area (Å²) in [7, 11) is 0. The second-order valence-electron chi connectivity index (χ2n) is 4.86. The summed E-state index contributed by atoms with van der Waals surface area (Å²) in [5, 5.41) is 9.09. The van der Waals surface area contributed by atoms with Gasteiger partial charge in [-0.05, 0) is 50.6 Å². The van der Waals surface area contributed by atoms with Crippen LogP contribution in [-0.2, 0) is 4.79 Å². The molecule has 19 heavy (non-hydrogen) atoms. The van der Waals surface area contributed by atoms with Crippen LogP contribution in [-0.4, -0.2) is 35.7 Å². The third-order valence-electron chi connectivity index (χ3n) is 3.53. The predicted molar refractivity (Wildman–Crippen MR) is 73.4 cm³/mol. The zero-order valence-electron chi connectivity index (χ0n) is 11.3. The highest BCUT2D eigenvalue weighted by Crippen LogP contribution is 2.29. The Morgan fingerprint density at radius 3 is 2.47 bits per heavy atom. The monoisotopic (exact) mass is 263 g/mol. The molecule has 0 saturated carbocycles. The minimum atomic E-state index is -0.745. The van der Waals surface area contributed by atoms with E-state index in [0.29, 0.717) is 6.61 Å². The van der Waals surface area contributed by atoms with E-state index in [-0.39, 0.29) is 12.5 Å². The average molecular weight is 263 g/mol. The molecule has 2 rings (SSSR count). The Labute approximate surface area is 114 Å². The Balaban J connectivity index is 2.14. The van der Waals surface area contributed by atoms with Gasteiger partial charge in [0.2, 0.25) is 0 Å². The molecule has 1 aliphatic heterocycles. The first kappa shape index (κ1) is 13.9. The maximum Gasteiger partial charge on any atom is 0.305 e. The van der Waals surface area contributed by atoms with Crippen LogP contribution in [0.25, 0.3) is 0 Å². The van der Waals surface area contributed by atoms with Gasteiger partial charge in [0, 0.05) is 6.04 Å². The van der Waals surface area contributed by atoms with Crippen molar-refractivity contribution >= 4 is 5.97 Å². The van der Waals surface area contributed by atoms with Crippen LogP contribution in [0.5, 0.6) is 5.75 Å². The maximum atomic E-state index is 11.1. The van der Waals surface area contributed by atoms with Gasteiger partial charge in [-0.25, -0.2) is 0 Å². The fourth-order valence-corrected chi connectivity index (χ4v) is 2.63. The molecule has 1 fully saturated rings. The van der Waals surface area contributed by atoms with Crippen LogP contribution in [0.2, 0.25) is 0 Å². The van der Waals surface area contributed by atoms with Gasteiger partial charge in [0.05, 0.1) is 13.0 Å². The molecule has 1 aromatic carbocycles. The summed E-state index contributed by atoms with van der Waals surface area (Å²) in [6, 6.07) is 7.79. The Hall–Kier alpha value is -1.55. The first-order chi connectivity index (χ1) is 9.20. The minimum Gasteiger partial charge on any atom is -0.494 e. The molecule has 4 heteroatoms. The van der Waals surface area contributed by atoms with Crippen molar-refractivity contribution < 1.29 is 14.6 Å². The lowest BCUT2D eigenvalue weighted by Gasteiger charge is -2.26. The van der Waals surface area contributed by atoms with Gasteiger partial charge >= 0.3 is 5.97 Å². The molecule has 1 N–H and O–H groups in total. The van der Waals surface area contributed by atoms with Crippen LogP contribution in [0.1, 0.15) is 37.8 Å². The van der Waals surface area contributed by atoms with Crippen LogP contribution in [0, 0.1) is 0 Å². The molecule has 1 heterocycles. The highest BCUT2D eigenvalue weighted by molar-refractivity contribution is 5.68. The summed E-state index contributed by atoms with van der Waals surface area (Å²) >= 11 is 0. The van der Waals surface area contributed by atoms with Crippen LogP contribution in [0.15, 0.2) is 24.3 Å². The Kier molecular flexibility index (Phi) is 4.80. The zero-order valence-corrected chi connectivity index (χ0v) is 11.3. The molecule has 0 amide bonds. The maximum absolute atomic E-state index is 11.1. The van der Waals surface area contributed by atoms with Gasteiger partial charge in [0.25, 0.3) is 0 Å². The first-order valence-corrected chi connectivity index (χ1v) is 6.89. The molecule has 1 aliphatic rings. The molecule has 0 aliphatic carbocycles. The third kappa shape index (κ3) is 3.70. The van der Waals surface area contributed by atoms with E-state index in [2.05, 4.69) is 4.90 Å². The number of nitrogens with zero attached hydrogens (tertiary/aromatic N) is 1. The van der Waals surface area contributed by atoms with Crippen LogP contribution in [0.4, 0.5) is 0 Å². The lowest BCUT2D eigenvalue weighted by Crippen LogP contribution is -2.27.